The molecule has 0 aromatic heterocycles. The molecule has 3 atom stereocenters. The molecule has 0 saturated heterocycles. The van der Waals surface area contributed by atoms with Crippen LogP contribution in [0, 0.1) is 0 Å². The maximum Gasteiger partial charge on any atom is 0.472 e. The van der Waals surface area contributed by atoms with Crippen molar-refractivity contribution in [3.63, 3.8) is 0 Å². The second kappa shape index (κ2) is 41.6. The fourth-order valence-corrected chi connectivity index (χ4v) is 8.25. The number of hydrogen-bond donors (Lipinski definition) is 3. The zero-order valence-electron chi connectivity index (χ0n) is 39.3. The summed E-state index contributed by atoms with van der Waals surface area (Å²) in [6.07, 6.45) is 48.2. The van der Waals surface area contributed by atoms with Gasteiger partial charge in [0.25, 0.3) is 0 Å². The van der Waals surface area contributed by atoms with Crippen molar-refractivity contribution in [1.82, 2.24) is 5.32 Å². The molecule has 0 aromatic carbocycles. The van der Waals surface area contributed by atoms with Gasteiger partial charge >= 0.3 is 7.82 Å². The van der Waals surface area contributed by atoms with Crippen LogP contribution in [0.1, 0.15) is 245 Å². The number of quaternary nitrogens is 1. The fraction of sp³-hybridized carbons (Fsp3) is 0.939. The van der Waals surface area contributed by atoms with Gasteiger partial charge in [-0.2, -0.15) is 0 Å². The van der Waals surface area contributed by atoms with Crippen molar-refractivity contribution in [1.29, 1.82) is 0 Å². The number of carbonyl (C=O) groups excluding carboxylic acids is 1. The van der Waals surface area contributed by atoms with Crippen molar-refractivity contribution < 1.29 is 32.9 Å². The van der Waals surface area contributed by atoms with Gasteiger partial charge < -0.3 is 19.8 Å². The molecule has 58 heavy (non-hydrogen) atoms. The third-order valence-corrected chi connectivity index (χ3v) is 12.5. The fourth-order valence-electron chi connectivity index (χ4n) is 7.51. The molecule has 1 amide bonds. The van der Waals surface area contributed by atoms with E-state index in [-0.39, 0.29) is 19.1 Å². The highest BCUT2D eigenvalue weighted by Crippen LogP contribution is 2.43. The highest BCUT2D eigenvalue weighted by atomic mass is 31.2. The summed E-state index contributed by atoms with van der Waals surface area (Å²) in [5, 5.41) is 14.0. The zero-order chi connectivity index (χ0) is 42.8. The molecule has 0 spiro atoms. The van der Waals surface area contributed by atoms with Gasteiger partial charge in [-0.05, 0) is 38.5 Å². The number of carbonyl (C=O) groups is 1. The van der Waals surface area contributed by atoms with Crippen molar-refractivity contribution in [3.8, 4) is 0 Å². The number of phosphoric acid groups is 1. The number of unbranched alkanes of at least 4 members (excludes halogenated alkanes) is 31. The van der Waals surface area contributed by atoms with Gasteiger partial charge in [0.05, 0.1) is 39.9 Å². The van der Waals surface area contributed by atoms with E-state index in [0.717, 1.165) is 44.9 Å². The van der Waals surface area contributed by atoms with E-state index >= 15 is 0 Å². The first kappa shape index (κ1) is 57.2. The van der Waals surface area contributed by atoms with E-state index in [0.29, 0.717) is 23.9 Å². The first-order valence-corrected chi connectivity index (χ1v) is 26.5. The monoisotopic (exact) mass is 844 g/mol. The lowest BCUT2D eigenvalue weighted by Crippen LogP contribution is -2.46. The molecule has 3 N–H and O–H groups in total. The van der Waals surface area contributed by atoms with Crippen LogP contribution in [0.15, 0.2) is 12.2 Å². The van der Waals surface area contributed by atoms with Crippen LogP contribution in [-0.2, 0) is 18.4 Å². The quantitative estimate of drug-likeness (QED) is 0.0244. The van der Waals surface area contributed by atoms with Gasteiger partial charge in [-0.25, -0.2) is 4.57 Å². The SMILES string of the molecule is CCCCCCCCCCC/C=C/CCCC[C@@H](O)[C@H](COP(=O)(O)OCC[N+](C)(C)C)NC(=O)CCCCCCCCCCCCCCCCCCCCCCC. The molecule has 0 fully saturated rings. The number of nitrogens with zero attached hydrogens (tertiary/aromatic N) is 1. The molecular formula is C49H100N2O6P+. The molecule has 0 aliphatic carbocycles. The Morgan fingerprint density at radius 1 is 0.569 bits per heavy atom. The lowest BCUT2D eigenvalue weighted by Gasteiger charge is -2.26. The number of aliphatic hydroxyl groups excluding tert-OH is 1. The van der Waals surface area contributed by atoms with Crippen LogP contribution in [0.5, 0.6) is 0 Å². The average molecular weight is 844 g/mol. The van der Waals surface area contributed by atoms with Crippen molar-refractivity contribution >= 4 is 13.7 Å². The summed E-state index contributed by atoms with van der Waals surface area (Å²) in [4.78, 5) is 23.2. The Kier molecular flexibility index (Phi) is 41.0. The minimum atomic E-state index is -4.32. The molecule has 0 radical (unpaired) electrons. The summed E-state index contributed by atoms with van der Waals surface area (Å²) in [5.41, 5.74) is 0. The largest absolute Gasteiger partial charge is 0.472 e. The number of hydrogen-bond acceptors (Lipinski definition) is 5. The third kappa shape index (κ3) is 43.3. The summed E-state index contributed by atoms with van der Waals surface area (Å²) >= 11 is 0. The van der Waals surface area contributed by atoms with E-state index in [9.17, 15) is 19.4 Å². The Morgan fingerprint density at radius 2 is 0.931 bits per heavy atom. The van der Waals surface area contributed by atoms with Gasteiger partial charge in [-0.15, -0.1) is 0 Å². The second-order valence-electron chi connectivity index (χ2n) is 18.5. The Labute approximate surface area is 361 Å². The van der Waals surface area contributed by atoms with Crippen LogP contribution in [0.3, 0.4) is 0 Å². The summed E-state index contributed by atoms with van der Waals surface area (Å²) in [7, 11) is 1.61. The standard InChI is InChI=1S/C49H99N2O6P/c1-6-8-10-12-14-16-18-20-22-23-24-25-26-27-29-31-33-35-37-39-41-43-49(53)50-47(46-57-58(54,55)56-45-44-51(3,4)5)48(52)42-40-38-36-34-32-30-28-21-19-17-15-13-11-9-7-2/h32,34,47-48,52H,6-31,33,35-46H2,1-5H3,(H-,50,53,54,55)/p+1/b34-32+/t47-,48+/m0/s1. The smallest absolute Gasteiger partial charge is 0.391 e. The number of rotatable bonds is 46. The molecule has 0 rings (SSSR count). The molecule has 8 nitrogen and oxygen atoms in total. The van der Waals surface area contributed by atoms with E-state index in [1.807, 2.05) is 21.1 Å². The van der Waals surface area contributed by atoms with Gasteiger partial charge in [0.2, 0.25) is 5.91 Å². The van der Waals surface area contributed by atoms with Crippen LogP contribution in [0.25, 0.3) is 0 Å². The van der Waals surface area contributed by atoms with Crippen LogP contribution < -0.4 is 5.32 Å². The Balaban J connectivity index is 4.25. The van der Waals surface area contributed by atoms with Crippen LogP contribution in [0.2, 0.25) is 0 Å². The molecule has 0 heterocycles. The molecule has 9 heteroatoms. The maximum absolute atomic E-state index is 12.9. The number of likely N-dealkylation sites (N-methyl/N-ethyl adjacent to an activating group) is 1. The summed E-state index contributed by atoms with van der Waals surface area (Å²) in [6, 6.07) is -0.771. The van der Waals surface area contributed by atoms with Gasteiger partial charge in [-0.3, -0.25) is 13.8 Å². The van der Waals surface area contributed by atoms with E-state index in [4.69, 9.17) is 9.05 Å². The molecule has 0 bridgehead atoms. The molecule has 0 aliphatic heterocycles. The molecule has 346 valence electrons. The number of aliphatic hydroxyl groups is 1. The van der Waals surface area contributed by atoms with Crippen LogP contribution in [-0.4, -0.2) is 73.4 Å². The normalized spacial score (nSPS) is 14.3. The lowest BCUT2D eigenvalue weighted by molar-refractivity contribution is -0.870. The first-order chi connectivity index (χ1) is 28.0. The van der Waals surface area contributed by atoms with Crippen LogP contribution in [0.4, 0.5) is 0 Å². The van der Waals surface area contributed by atoms with E-state index in [1.54, 1.807) is 0 Å². The van der Waals surface area contributed by atoms with Crippen LogP contribution >= 0.6 is 7.82 Å². The van der Waals surface area contributed by atoms with Gasteiger partial charge in [0.15, 0.2) is 0 Å². The Morgan fingerprint density at radius 3 is 1.33 bits per heavy atom. The molecule has 1 unspecified atom stereocenters. The minimum absolute atomic E-state index is 0.0724. The summed E-state index contributed by atoms with van der Waals surface area (Å²) < 4.78 is 23.7. The Hall–Kier alpha value is -0.760. The van der Waals surface area contributed by atoms with Gasteiger partial charge in [0, 0.05) is 6.42 Å². The molecule has 0 aliphatic rings. The minimum Gasteiger partial charge on any atom is -0.391 e. The van der Waals surface area contributed by atoms with E-state index in [2.05, 4.69) is 31.3 Å². The summed E-state index contributed by atoms with van der Waals surface area (Å²) in [6.45, 7) is 4.89. The average Bonchev–Trinajstić information content (AvgIpc) is 3.17. The van der Waals surface area contributed by atoms with Gasteiger partial charge in [-0.1, -0.05) is 212 Å². The molecule has 0 saturated carbocycles. The van der Waals surface area contributed by atoms with Gasteiger partial charge in [0.1, 0.15) is 13.2 Å². The third-order valence-electron chi connectivity index (χ3n) is 11.5. The predicted octanol–water partition coefficient (Wildman–Crippen LogP) is 14.3. The summed E-state index contributed by atoms with van der Waals surface area (Å²) in [5.74, 6) is -0.149. The highest BCUT2D eigenvalue weighted by Gasteiger charge is 2.28. The molecular weight excluding hydrogens is 744 g/mol. The second-order valence-corrected chi connectivity index (χ2v) is 20.0. The van der Waals surface area contributed by atoms with E-state index in [1.165, 1.54) is 173 Å². The van der Waals surface area contributed by atoms with Crippen molar-refractivity contribution in [2.45, 2.75) is 257 Å². The Bertz CT molecular complexity index is 958. The topological polar surface area (TPSA) is 105 Å². The number of allylic oxidation sites excluding steroid dienone is 2. The predicted molar refractivity (Wildman–Crippen MR) is 249 cm³/mol. The number of amides is 1. The highest BCUT2D eigenvalue weighted by molar-refractivity contribution is 7.47. The molecule has 0 aromatic rings. The first-order valence-electron chi connectivity index (χ1n) is 25.1. The number of nitrogens with one attached hydrogen (secondary N) is 1. The van der Waals surface area contributed by atoms with Crippen molar-refractivity contribution in [3.05, 3.63) is 12.2 Å². The lowest BCUT2D eigenvalue weighted by atomic mass is 10.0. The number of phosphoric ester groups is 1. The van der Waals surface area contributed by atoms with E-state index < -0.39 is 20.0 Å². The zero-order valence-corrected chi connectivity index (χ0v) is 40.2. The van der Waals surface area contributed by atoms with Crippen molar-refractivity contribution in [2.75, 3.05) is 40.9 Å². The van der Waals surface area contributed by atoms with Crippen molar-refractivity contribution in [2.24, 2.45) is 0 Å². The maximum atomic E-state index is 12.9.